The summed E-state index contributed by atoms with van der Waals surface area (Å²) in [4.78, 5) is 14.4. The van der Waals surface area contributed by atoms with Gasteiger partial charge in [0.1, 0.15) is 5.60 Å². The SMILES string of the molecule is CN(C1CCN(C(=O)OC(C)(C)C)CC1)S(=O)(=O)C1=Cc2ccccc2CC1. The van der Waals surface area contributed by atoms with Crippen molar-refractivity contribution in [1.82, 2.24) is 9.21 Å². The minimum Gasteiger partial charge on any atom is -0.444 e. The van der Waals surface area contributed by atoms with E-state index >= 15 is 0 Å². The van der Waals surface area contributed by atoms with Crippen molar-refractivity contribution in [2.75, 3.05) is 20.1 Å². The van der Waals surface area contributed by atoms with E-state index in [2.05, 4.69) is 0 Å². The molecule has 0 bridgehead atoms. The third kappa shape index (κ3) is 4.58. The standard InChI is InChI=1S/C21H30N2O4S/c1-21(2,3)27-20(24)23-13-11-18(12-14-23)22(4)28(25,26)19-10-9-16-7-5-6-8-17(16)15-19/h5-8,15,18H,9-14H2,1-4H3. The van der Waals surface area contributed by atoms with E-state index in [0.717, 1.165) is 12.0 Å². The van der Waals surface area contributed by atoms with Crippen LogP contribution in [-0.4, -0.2) is 55.5 Å². The number of amides is 1. The number of likely N-dealkylation sites (tertiary alicyclic amines) is 1. The van der Waals surface area contributed by atoms with Gasteiger partial charge in [-0.2, -0.15) is 4.31 Å². The highest BCUT2D eigenvalue weighted by atomic mass is 32.2. The molecule has 1 aliphatic heterocycles. The van der Waals surface area contributed by atoms with Crippen LogP contribution in [0.3, 0.4) is 0 Å². The zero-order chi connectivity index (χ0) is 20.5. The van der Waals surface area contributed by atoms with Crippen molar-refractivity contribution in [3.8, 4) is 0 Å². The van der Waals surface area contributed by atoms with Crippen LogP contribution in [-0.2, 0) is 21.2 Å². The van der Waals surface area contributed by atoms with E-state index in [9.17, 15) is 13.2 Å². The lowest BCUT2D eigenvalue weighted by Crippen LogP contribution is -2.48. The van der Waals surface area contributed by atoms with Crippen LogP contribution < -0.4 is 0 Å². The van der Waals surface area contributed by atoms with Crippen LogP contribution in [0.2, 0.25) is 0 Å². The number of ether oxygens (including phenoxy) is 1. The molecule has 1 aromatic rings. The lowest BCUT2D eigenvalue weighted by atomic mass is 9.98. The molecule has 6 nitrogen and oxygen atoms in total. The Morgan fingerprint density at radius 3 is 2.43 bits per heavy atom. The van der Waals surface area contributed by atoms with Crippen molar-refractivity contribution in [2.24, 2.45) is 0 Å². The van der Waals surface area contributed by atoms with E-state index in [0.29, 0.717) is 37.3 Å². The number of piperidine rings is 1. The molecule has 7 heteroatoms. The molecule has 0 atom stereocenters. The molecule has 1 heterocycles. The smallest absolute Gasteiger partial charge is 0.410 e. The Morgan fingerprint density at radius 2 is 1.79 bits per heavy atom. The molecule has 1 aromatic carbocycles. The summed E-state index contributed by atoms with van der Waals surface area (Å²) in [5.41, 5.74) is 1.65. The highest BCUT2D eigenvalue weighted by Gasteiger charge is 2.34. The number of aryl methyl sites for hydroxylation is 1. The number of rotatable bonds is 3. The number of carbonyl (C=O) groups is 1. The van der Waals surface area contributed by atoms with Crippen molar-refractivity contribution in [3.05, 3.63) is 40.3 Å². The van der Waals surface area contributed by atoms with Gasteiger partial charge in [0.25, 0.3) is 0 Å². The molecule has 3 rings (SSSR count). The van der Waals surface area contributed by atoms with Crippen molar-refractivity contribution < 1.29 is 17.9 Å². The molecule has 0 saturated carbocycles. The first-order valence-electron chi connectivity index (χ1n) is 9.82. The van der Waals surface area contributed by atoms with E-state index in [-0.39, 0.29) is 12.1 Å². The number of benzene rings is 1. The van der Waals surface area contributed by atoms with Gasteiger partial charge in [-0.25, -0.2) is 13.2 Å². The Morgan fingerprint density at radius 1 is 1.14 bits per heavy atom. The zero-order valence-corrected chi connectivity index (χ0v) is 18.0. The second-order valence-electron chi connectivity index (χ2n) is 8.53. The molecular weight excluding hydrogens is 376 g/mol. The average molecular weight is 407 g/mol. The number of hydrogen-bond acceptors (Lipinski definition) is 4. The number of nitrogens with zero attached hydrogens (tertiary/aromatic N) is 2. The fraction of sp³-hybridized carbons (Fsp3) is 0.571. The predicted octanol–water partition coefficient (Wildman–Crippen LogP) is 3.63. The third-order valence-electron chi connectivity index (χ3n) is 5.35. The van der Waals surface area contributed by atoms with Gasteiger partial charge < -0.3 is 9.64 Å². The number of fused-ring (bicyclic) bond motifs is 1. The quantitative estimate of drug-likeness (QED) is 0.769. The Bertz CT molecular complexity index is 863. The molecule has 1 aliphatic carbocycles. The molecule has 0 aromatic heterocycles. The fourth-order valence-electron chi connectivity index (χ4n) is 3.73. The topological polar surface area (TPSA) is 66.9 Å². The number of sulfonamides is 1. The van der Waals surface area contributed by atoms with Gasteiger partial charge in [0.05, 0.1) is 4.91 Å². The summed E-state index contributed by atoms with van der Waals surface area (Å²) in [5, 5.41) is 0. The third-order valence-corrected chi connectivity index (χ3v) is 7.39. The van der Waals surface area contributed by atoms with Crippen LogP contribution in [0.25, 0.3) is 6.08 Å². The van der Waals surface area contributed by atoms with Crippen LogP contribution in [0.5, 0.6) is 0 Å². The first-order chi connectivity index (χ1) is 13.1. The van der Waals surface area contributed by atoms with Crippen molar-refractivity contribution in [3.63, 3.8) is 0 Å². The van der Waals surface area contributed by atoms with E-state index in [1.54, 1.807) is 18.0 Å². The molecule has 0 N–H and O–H groups in total. The maximum atomic E-state index is 13.2. The summed E-state index contributed by atoms with van der Waals surface area (Å²) in [7, 11) is -1.85. The Kier molecular flexibility index (Phi) is 5.87. The van der Waals surface area contributed by atoms with E-state index in [1.165, 1.54) is 9.87 Å². The normalized spacial score (nSPS) is 18.6. The van der Waals surface area contributed by atoms with Gasteiger partial charge in [-0.15, -0.1) is 0 Å². The predicted molar refractivity (Wildman–Crippen MR) is 110 cm³/mol. The molecule has 28 heavy (non-hydrogen) atoms. The molecule has 1 saturated heterocycles. The minimum atomic E-state index is -3.51. The molecule has 154 valence electrons. The first-order valence-corrected chi connectivity index (χ1v) is 11.3. The molecule has 0 radical (unpaired) electrons. The van der Waals surface area contributed by atoms with Crippen molar-refractivity contribution in [2.45, 2.75) is 58.1 Å². The second kappa shape index (κ2) is 7.87. The van der Waals surface area contributed by atoms with Gasteiger partial charge in [-0.05, 0) is 63.7 Å². The molecular formula is C21H30N2O4S. The van der Waals surface area contributed by atoms with Crippen LogP contribution >= 0.6 is 0 Å². The minimum absolute atomic E-state index is 0.109. The van der Waals surface area contributed by atoms with Gasteiger partial charge in [0.2, 0.25) is 10.0 Å². The highest BCUT2D eigenvalue weighted by molar-refractivity contribution is 7.93. The Labute approximate surface area is 168 Å². The lowest BCUT2D eigenvalue weighted by Gasteiger charge is -2.37. The maximum absolute atomic E-state index is 13.2. The monoisotopic (exact) mass is 406 g/mol. The average Bonchev–Trinajstić information content (AvgIpc) is 2.65. The van der Waals surface area contributed by atoms with E-state index < -0.39 is 15.6 Å². The van der Waals surface area contributed by atoms with Crippen LogP contribution in [0, 0.1) is 0 Å². The summed E-state index contributed by atoms with van der Waals surface area (Å²) >= 11 is 0. The zero-order valence-electron chi connectivity index (χ0n) is 17.1. The highest BCUT2D eigenvalue weighted by Crippen LogP contribution is 2.30. The second-order valence-corrected chi connectivity index (χ2v) is 10.6. The first kappa shape index (κ1) is 20.9. The van der Waals surface area contributed by atoms with Crippen LogP contribution in [0.4, 0.5) is 4.79 Å². The molecule has 0 unspecified atom stereocenters. The summed E-state index contributed by atoms with van der Waals surface area (Å²) in [6, 6.07) is 7.81. The van der Waals surface area contributed by atoms with Gasteiger partial charge in [-0.1, -0.05) is 24.3 Å². The van der Waals surface area contributed by atoms with Crippen molar-refractivity contribution in [1.29, 1.82) is 0 Å². The number of hydrogen-bond donors (Lipinski definition) is 0. The molecule has 1 fully saturated rings. The van der Waals surface area contributed by atoms with E-state index in [1.807, 2.05) is 45.0 Å². The summed E-state index contributed by atoms with van der Waals surface area (Å²) in [5.74, 6) is 0. The van der Waals surface area contributed by atoms with Gasteiger partial charge >= 0.3 is 6.09 Å². The summed E-state index contributed by atoms with van der Waals surface area (Å²) in [6.45, 7) is 6.53. The maximum Gasteiger partial charge on any atom is 0.410 e. The Balaban J connectivity index is 1.66. The lowest BCUT2D eigenvalue weighted by molar-refractivity contribution is 0.0183. The van der Waals surface area contributed by atoms with Crippen LogP contribution in [0.15, 0.2) is 29.2 Å². The fourth-order valence-corrected chi connectivity index (χ4v) is 5.34. The van der Waals surface area contributed by atoms with E-state index in [4.69, 9.17) is 4.74 Å². The van der Waals surface area contributed by atoms with Crippen LogP contribution in [0.1, 0.15) is 51.2 Å². The summed E-state index contributed by atoms with van der Waals surface area (Å²) < 4.78 is 33.2. The largest absolute Gasteiger partial charge is 0.444 e. The number of carbonyl (C=O) groups excluding carboxylic acids is 1. The molecule has 1 amide bonds. The van der Waals surface area contributed by atoms with Gasteiger partial charge in [-0.3, -0.25) is 0 Å². The Hall–Kier alpha value is -1.86. The number of allylic oxidation sites excluding steroid dienone is 1. The van der Waals surface area contributed by atoms with Crippen molar-refractivity contribution >= 4 is 22.2 Å². The van der Waals surface area contributed by atoms with Gasteiger partial charge in [0.15, 0.2) is 0 Å². The molecule has 2 aliphatic rings. The summed E-state index contributed by atoms with van der Waals surface area (Å²) in [6.07, 6.45) is 3.97. The van der Waals surface area contributed by atoms with Gasteiger partial charge in [0, 0.05) is 26.2 Å². The molecule has 0 spiro atoms.